The summed E-state index contributed by atoms with van der Waals surface area (Å²) in [5.74, 6) is 4.82. The van der Waals surface area contributed by atoms with Crippen LogP contribution in [-0.4, -0.2) is 39.6 Å². The maximum Gasteiger partial charge on any atom is 0.168 e. The van der Waals surface area contributed by atoms with Crippen LogP contribution >= 0.6 is 0 Å². The van der Waals surface area contributed by atoms with Crippen LogP contribution in [0, 0.1) is 0 Å². The summed E-state index contributed by atoms with van der Waals surface area (Å²) in [5, 5.41) is 6.65. The van der Waals surface area contributed by atoms with E-state index in [9.17, 15) is 0 Å². The van der Waals surface area contributed by atoms with Crippen LogP contribution in [0.3, 0.4) is 0 Å². The molecule has 5 aromatic rings. The van der Waals surface area contributed by atoms with Gasteiger partial charge >= 0.3 is 0 Å². The summed E-state index contributed by atoms with van der Waals surface area (Å²) in [6.07, 6.45) is 30.3. The molecule has 358 valence electrons. The fourth-order valence-electron chi connectivity index (χ4n) is 8.59. The lowest BCUT2D eigenvalue weighted by Crippen LogP contribution is -2.32. The Morgan fingerprint density at radius 3 is 0.738 bits per heavy atom. The highest BCUT2D eigenvalue weighted by atomic mass is 16.5. The van der Waals surface area contributed by atoms with Gasteiger partial charge in [-0.1, -0.05) is 137 Å². The van der Waals surface area contributed by atoms with Gasteiger partial charge in [0.1, 0.15) is 6.54 Å². The molecular formula is C58H86NO6+. The second kappa shape index (κ2) is 30.7. The molecular weight excluding hydrogens is 807 g/mol. The quantitative estimate of drug-likeness (QED) is 0.0225. The number of fused-ring (bicyclic) bond motifs is 6. The van der Waals surface area contributed by atoms with E-state index >= 15 is 0 Å². The maximum absolute atomic E-state index is 6.75. The summed E-state index contributed by atoms with van der Waals surface area (Å²) in [6, 6.07) is 19.7. The largest absolute Gasteiger partial charge is 0.490 e. The van der Waals surface area contributed by atoms with E-state index in [1.54, 1.807) is 0 Å². The maximum atomic E-state index is 6.75. The van der Waals surface area contributed by atoms with Gasteiger partial charge < -0.3 is 28.4 Å². The molecule has 0 saturated heterocycles. The molecule has 0 aliphatic rings. The van der Waals surface area contributed by atoms with Crippen molar-refractivity contribution in [2.75, 3.05) is 39.6 Å². The van der Waals surface area contributed by atoms with Crippen molar-refractivity contribution >= 4 is 32.3 Å². The predicted octanol–water partition coefficient (Wildman–Crippen LogP) is 16.5. The summed E-state index contributed by atoms with van der Waals surface area (Å²) in [4.78, 5) is 0. The summed E-state index contributed by atoms with van der Waals surface area (Å²) in [7, 11) is 0. The molecule has 4 aromatic carbocycles. The molecule has 0 fully saturated rings. The first-order valence-corrected chi connectivity index (χ1v) is 26.4. The number of hydrogen-bond acceptors (Lipinski definition) is 6. The third-order valence-electron chi connectivity index (χ3n) is 12.5. The van der Waals surface area contributed by atoms with E-state index in [0.717, 1.165) is 157 Å². The molecule has 1 aromatic heterocycles. The van der Waals surface area contributed by atoms with Crippen molar-refractivity contribution in [1.82, 2.24) is 0 Å². The molecule has 1 heterocycles. The lowest BCUT2D eigenvalue weighted by molar-refractivity contribution is -0.697. The van der Waals surface area contributed by atoms with Gasteiger partial charge in [0.15, 0.2) is 46.9 Å². The lowest BCUT2D eigenvalue weighted by Gasteiger charge is -2.21. The van der Waals surface area contributed by atoms with Crippen LogP contribution in [-0.2, 0) is 6.54 Å². The monoisotopic (exact) mass is 893 g/mol. The molecule has 0 atom stereocenters. The number of ether oxygens (including phenoxy) is 6. The minimum Gasteiger partial charge on any atom is -0.490 e. The van der Waals surface area contributed by atoms with E-state index in [1.165, 1.54) is 64.2 Å². The Hall–Kier alpha value is -4.39. The summed E-state index contributed by atoms with van der Waals surface area (Å²) in [5.41, 5.74) is 0. The predicted molar refractivity (Wildman–Crippen MR) is 273 cm³/mol. The van der Waals surface area contributed by atoms with Crippen molar-refractivity contribution in [2.24, 2.45) is 0 Å². The van der Waals surface area contributed by atoms with Gasteiger partial charge in [-0.3, -0.25) is 0 Å². The molecule has 0 spiro atoms. The highest BCUT2D eigenvalue weighted by molar-refractivity contribution is 6.26. The van der Waals surface area contributed by atoms with Crippen LogP contribution in [0.1, 0.15) is 182 Å². The number of unbranched alkanes of at least 4 members (excludes halogenated alkanes) is 17. The zero-order valence-electron chi connectivity index (χ0n) is 41.5. The lowest BCUT2D eigenvalue weighted by atomic mass is 9.93. The van der Waals surface area contributed by atoms with Gasteiger partial charge in [0.2, 0.25) is 0 Å². The van der Waals surface area contributed by atoms with Gasteiger partial charge in [0, 0.05) is 18.6 Å². The van der Waals surface area contributed by atoms with Crippen molar-refractivity contribution in [2.45, 2.75) is 189 Å². The van der Waals surface area contributed by atoms with E-state index in [-0.39, 0.29) is 0 Å². The molecule has 0 unspecified atom stereocenters. The first kappa shape index (κ1) is 51.6. The second-order valence-corrected chi connectivity index (χ2v) is 18.1. The third kappa shape index (κ3) is 17.1. The van der Waals surface area contributed by atoms with Crippen molar-refractivity contribution in [3.8, 4) is 34.5 Å². The topological polar surface area (TPSA) is 59.3 Å². The second-order valence-electron chi connectivity index (χ2n) is 18.1. The third-order valence-corrected chi connectivity index (χ3v) is 12.5. The molecule has 0 aliphatic carbocycles. The van der Waals surface area contributed by atoms with Gasteiger partial charge in [0.05, 0.1) is 39.6 Å². The molecule has 0 aliphatic heterocycles. The minimum atomic E-state index is 0.625. The van der Waals surface area contributed by atoms with Gasteiger partial charge in [-0.2, -0.15) is 0 Å². The Kier molecular flexibility index (Phi) is 24.4. The fraction of sp³-hybridized carbons (Fsp3) is 0.603. The van der Waals surface area contributed by atoms with E-state index in [2.05, 4.69) is 106 Å². The zero-order chi connectivity index (χ0) is 45.7. The van der Waals surface area contributed by atoms with Gasteiger partial charge in [-0.25, -0.2) is 4.57 Å². The minimum absolute atomic E-state index is 0.625. The molecule has 5 rings (SSSR count). The van der Waals surface area contributed by atoms with Gasteiger partial charge in [0.25, 0.3) is 0 Å². The number of aromatic nitrogens is 1. The van der Waals surface area contributed by atoms with E-state index in [0.29, 0.717) is 39.6 Å². The highest BCUT2D eigenvalue weighted by Crippen LogP contribution is 2.47. The molecule has 0 N–H and O–H groups in total. The van der Waals surface area contributed by atoms with Crippen LogP contribution in [0.2, 0.25) is 0 Å². The molecule has 7 nitrogen and oxygen atoms in total. The Bertz CT molecular complexity index is 2020. The number of aryl methyl sites for hydroxylation is 1. The Balaban J connectivity index is 1.64. The fourth-order valence-corrected chi connectivity index (χ4v) is 8.59. The summed E-state index contributed by atoms with van der Waals surface area (Å²) < 4.78 is 42.4. The number of nitrogens with zero attached hydrogens (tertiary/aromatic N) is 1. The zero-order valence-corrected chi connectivity index (χ0v) is 41.5. The molecule has 0 amide bonds. The number of rotatable bonds is 37. The Morgan fingerprint density at radius 2 is 0.508 bits per heavy atom. The molecule has 0 radical (unpaired) electrons. The SMILES string of the molecule is CCCCCCOc1cc2c3cc(OCCCCCC)c(OCCCCCC)cc3c3cc(OCCCCC[n+]4ccccc4)c(OCCCCCC)cc3c2cc1OCCCCCC. The first-order valence-electron chi connectivity index (χ1n) is 26.4. The van der Waals surface area contributed by atoms with Gasteiger partial charge in [-0.05, 0) is 114 Å². The smallest absolute Gasteiger partial charge is 0.168 e. The van der Waals surface area contributed by atoms with Crippen LogP contribution in [0.4, 0.5) is 0 Å². The molecule has 0 bridgehead atoms. The van der Waals surface area contributed by atoms with E-state index in [1.807, 2.05) is 0 Å². The molecule has 0 saturated carbocycles. The first-order chi connectivity index (χ1) is 32.1. The normalized spacial score (nSPS) is 11.5. The Labute approximate surface area is 393 Å². The van der Waals surface area contributed by atoms with Crippen molar-refractivity contribution in [3.05, 3.63) is 67.0 Å². The molecule has 7 heteroatoms. The summed E-state index contributed by atoms with van der Waals surface area (Å²) in [6.45, 7) is 16.2. The average molecular weight is 893 g/mol. The van der Waals surface area contributed by atoms with Crippen molar-refractivity contribution in [1.29, 1.82) is 0 Å². The van der Waals surface area contributed by atoms with Gasteiger partial charge in [-0.15, -0.1) is 0 Å². The number of hydrogen-bond donors (Lipinski definition) is 0. The van der Waals surface area contributed by atoms with Crippen molar-refractivity contribution in [3.63, 3.8) is 0 Å². The van der Waals surface area contributed by atoms with E-state index < -0.39 is 0 Å². The van der Waals surface area contributed by atoms with Crippen LogP contribution in [0.15, 0.2) is 67.0 Å². The van der Waals surface area contributed by atoms with Crippen LogP contribution in [0.25, 0.3) is 32.3 Å². The molecule has 65 heavy (non-hydrogen) atoms. The highest BCUT2D eigenvalue weighted by Gasteiger charge is 2.21. The standard InChI is InChI=1S/C58H86NO6/c1-6-11-16-26-35-60-53-41-47-48-42-54(61-36-27-17-12-7-2)56(63-38-29-19-14-9-4)44-50(48)52-46-58(65-40-31-22-25-34-59-32-23-21-24-33-59)57(64-39-30-20-15-10-5)45-51(52)49(47)43-55(53)62-37-28-18-13-8-3/h21,23-24,32-33,41-46H,6-20,22,25-31,34-40H2,1-5H3/q+1. The Morgan fingerprint density at radius 1 is 0.277 bits per heavy atom. The average Bonchev–Trinajstić information content (AvgIpc) is 3.32. The number of benzene rings is 4. The number of pyridine rings is 1. The summed E-state index contributed by atoms with van der Waals surface area (Å²) >= 11 is 0. The van der Waals surface area contributed by atoms with Crippen LogP contribution < -0.4 is 33.0 Å². The van der Waals surface area contributed by atoms with Crippen LogP contribution in [0.5, 0.6) is 34.5 Å². The van der Waals surface area contributed by atoms with Crippen molar-refractivity contribution < 1.29 is 33.0 Å². The van der Waals surface area contributed by atoms with E-state index in [4.69, 9.17) is 28.4 Å².